The number of nitrogens with zero attached hydrogens (tertiary/aromatic N) is 1. The summed E-state index contributed by atoms with van der Waals surface area (Å²) in [6.45, 7) is 6.35. The summed E-state index contributed by atoms with van der Waals surface area (Å²) in [5, 5.41) is 4.14. The Morgan fingerprint density at radius 2 is 1.61 bits per heavy atom. The number of rotatable bonds is 5. The number of piperidine rings is 1. The zero-order valence-electron chi connectivity index (χ0n) is 19.3. The Balaban J connectivity index is 1.60. The van der Waals surface area contributed by atoms with Crippen LogP contribution in [0, 0.1) is 12.8 Å². The maximum Gasteiger partial charge on any atom is 0.255 e. The van der Waals surface area contributed by atoms with Crippen LogP contribution in [0.3, 0.4) is 0 Å². The fourth-order valence-electron chi connectivity index (χ4n) is 4.73. The van der Waals surface area contributed by atoms with Gasteiger partial charge in [-0.25, -0.2) is 0 Å². The van der Waals surface area contributed by atoms with E-state index in [0.717, 1.165) is 59.8 Å². The lowest BCUT2D eigenvalue weighted by atomic mass is 9.94. The molecule has 3 aromatic carbocycles. The van der Waals surface area contributed by atoms with E-state index in [2.05, 4.69) is 41.4 Å². The third-order valence-corrected chi connectivity index (χ3v) is 6.72. The molecule has 5 rings (SSSR count). The monoisotopic (exact) mass is 438 g/mol. The second-order valence-electron chi connectivity index (χ2n) is 9.19. The van der Waals surface area contributed by atoms with Crippen LogP contribution in [0.4, 0.5) is 5.69 Å². The average Bonchev–Trinajstić information content (AvgIpc) is 3.19. The minimum absolute atomic E-state index is 0.0561. The number of amides is 1. The third-order valence-electron chi connectivity index (χ3n) is 6.72. The fraction of sp³-hybridized carbons (Fsp3) is 0.276. The lowest BCUT2D eigenvalue weighted by Gasteiger charge is -2.36. The molecule has 1 aromatic heterocycles. The molecule has 0 radical (unpaired) electrons. The molecular formula is C29H30N2O2. The number of hydrogen-bond donors (Lipinski definition) is 1. The van der Waals surface area contributed by atoms with Gasteiger partial charge in [-0.15, -0.1) is 0 Å². The number of aryl methyl sites for hydroxylation is 1. The van der Waals surface area contributed by atoms with Crippen molar-refractivity contribution in [3.05, 3.63) is 101 Å². The van der Waals surface area contributed by atoms with Crippen LogP contribution in [0.15, 0.2) is 83.3 Å². The van der Waals surface area contributed by atoms with Gasteiger partial charge in [-0.1, -0.05) is 67.1 Å². The van der Waals surface area contributed by atoms with Crippen molar-refractivity contribution in [3.63, 3.8) is 0 Å². The molecule has 0 spiro atoms. The van der Waals surface area contributed by atoms with Gasteiger partial charge in [0.05, 0.1) is 11.7 Å². The summed E-state index contributed by atoms with van der Waals surface area (Å²) < 4.78 is 6.50. The molecule has 1 atom stereocenters. The fourth-order valence-corrected chi connectivity index (χ4v) is 4.73. The Labute approximate surface area is 195 Å². The summed E-state index contributed by atoms with van der Waals surface area (Å²) in [6.07, 6.45) is 2.32. The lowest BCUT2D eigenvalue weighted by Crippen LogP contribution is -2.37. The number of hydrogen-bond acceptors (Lipinski definition) is 3. The van der Waals surface area contributed by atoms with Crippen LogP contribution in [0.5, 0.6) is 0 Å². The summed E-state index contributed by atoms with van der Waals surface area (Å²) in [5.74, 6) is 1.41. The maximum absolute atomic E-state index is 13.2. The number of furan rings is 1. The predicted molar refractivity (Wildman–Crippen MR) is 134 cm³/mol. The number of carbonyl (C=O) groups is 1. The molecule has 4 heteroatoms. The number of benzene rings is 3. The minimum atomic E-state index is -0.123. The van der Waals surface area contributed by atoms with Crippen molar-refractivity contribution in [3.8, 4) is 0 Å². The van der Waals surface area contributed by atoms with E-state index < -0.39 is 0 Å². The Morgan fingerprint density at radius 3 is 2.33 bits per heavy atom. The van der Waals surface area contributed by atoms with E-state index in [-0.39, 0.29) is 11.9 Å². The van der Waals surface area contributed by atoms with Gasteiger partial charge < -0.3 is 9.73 Å². The van der Waals surface area contributed by atoms with E-state index in [4.69, 9.17) is 4.42 Å². The summed E-state index contributed by atoms with van der Waals surface area (Å²) >= 11 is 0. The Morgan fingerprint density at radius 1 is 0.939 bits per heavy atom. The summed E-state index contributed by atoms with van der Waals surface area (Å²) in [4.78, 5) is 15.7. The highest BCUT2D eigenvalue weighted by Crippen LogP contribution is 2.41. The predicted octanol–water partition coefficient (Wildman–Crippen LogP) is 6.81. The summed E-state index contributed by atoms with van der Waals surface area (Å²) in [7, 11) is 0. The van der Waals surface area contributed by atoms with Crippen LogP contribution in [-0.4, -0.2) is 23.9 Å². The van der Waals surface area contributed by atoms with Gasteiger partial charge in [-0.3, -0.25) is 9.69 Å². The lowest BCUT2D eigenvalue weighted by molar-refractivity contribution is 0.102. The Bertz CT molecular complexity index is 1240. The second-order valence-corrected chi connectivity index (χ2v) is 9.19. The standard InChI is InChI=1S/C29H30N2O2/c1-20-12-14-23(15-13-20)29(32)30-26-24-10-6-7-11-25(24)33-28(26)27(22-8-4-3-5-9-22)31-18-16-21(2)17-19-31/h3-15,21,27H,16-19H2,1-2H3,(H,30,32)/t27-/m1/s1. The Hall–Kier alpha value is -3.37. The first-order chi connectivity index (χ1) is 16.1. The molecule has 2 heterocycles. The minimum Gasteiger partial charge on any atom is -0.457 e. The second kappa shape index (κ2) is 9.24. The van der Waals surface area contributed by atoms with Crippen LogP contribution >= 0.6 is 0 Å². The van der Waals surface area contributed by atoms with Crippen molar-refractivity contribution in [1.82, 2.24) is 4.90 Å². The first-order valence-electron chi connectivity index (χ1n) is 11.8. The van der Waals surface area contributed by atoms with Crippen LogP contribution in [0.25, 0.3) is 11.0 Å². The smallest absolute Gasteiger partial charge is 0.255 e. The number of para-hydroxylation sites is 1. The molecule has 0 aliphatic carbocycles. The van der Waals surface area contributed by atoms with Gasteiger partial charge in [0, 0.05) is 10.9 Å². The van der Waals surface area contributed by atoms with E-state index in [0.29, 0.717) is 5.56 Å². The van der Waals surface area contributed by atoms with Crippen molar-refractivity contribution in [2.45, 2.75) is 32.7 Å². The number of fused-ring (bicyclic) bond motifs is 1. The zero-order valence-corrected chi connectivity index (χ0v) is 19.3. The maximum atomic E-state index is 13.2. The van der Waals surface area contributed by atoms with Gasteiger partial charge >= 0.3 is 0 Å². The zero-order chi connectivity index (χ0) is 22.8. The van der Waals surface area contributed by atoms with Crippen molar-refractivity contribution in [2.24, 2.45) is 5.92 Å². The molecule has 1 aliphatic heterocycles. The van der Waals surface area contributed by atoms with Crippen molar-refractivity contribution < 1.29 is 9.21 Å². The van der Waals surface area contributed by atoms with Crippen LogP contribution in [0.2, 0.25) is 0 Å². The molecule has 1 fully saturated rings. The van der Waals surface area contributed by atoms with Gasteiger partial charge in [-0.2, -0.15) is 0 Å². The van der Waals surface area contributed by atoms with E-state index in [1.807, 2.05) is 61.5 Å². The van der Waals surface area contributed by atoms with Crippen molar-refractivity contribution in [1.29, 1.82) is 0 Å². The number of nitrogens with one attached hydrogen (secondary N) is 1. The quantitative estimate of drug-likeness (QED) is 0.372. The van der Waals surface area contributed by atoms with Gasteiger partial charge in [0.15, 0.2) is 0 Å². The highest BCUT2D eigenvalue weighted by Gasteiger charge is 2.32. The highest BCUT2D eigenvalue weighted by atomic mass is 16.3. The van der Waals surface area contributed by atoms with Crippen LogP contribution in [-0.2, 0) is 0 Å². The van der Waals surface area contributed by atoms with Crippen molar-refractivity contribution >= 4 is 22.6 Å². The molecule has 33 heavy (non-hydrogen) atoms. The average molecular weight is 439 g/mol. The van der Waals surface area contributed by atoms with Gasteiger partial charge in [-0.05, 0) is 68.6 Å². The molecule has 0 bridgehead atoms. The third kappa shape index (κ3) is 4.44. The topological polar surface area (TPSA) is 45.5 Å². The van der Waals surface area contributed by atoms with E-state index >= 15 is 0 Å². The van der Waals surface area contributed by atoms with Crippen LogP contribution < -0.4 is 5.32 Å². The first-order valence-corrected chi connectivity index (χ1v) is 11.8. The number of carbonyl (C=O) groups excluding carboxylic acids is 1. The Kier molecular flexibility index (Phi) is 6.01. The van der Waals surface area contributed by atoms with Crippen LogP contribution in [0.1, 0.15) is 53.1 Å². The number of likely N-dealkylation sites (tertiary alicyclic amines) is 1. The summed E-state index contributed by atoms with van der Waals surface area (Å²) in [5.41, 5.74) is 4.50. The largest absolute Gasteiger partial charge is 0.457 e. The van der Waals surface area contributed by atoms with Gasteiger partial charge in [0.1, 0.15) is 11.3 Å². The molecule has 168 valence electrons. The molecule has 4 aromatic rings. The van der Waals surface area contributed by atoms with Gasteiger partial charge in [0.2, 0.25) is 0 Å². The molecule has 1 N–H and O–H groups in total. The van der Waals surface area contributed by atoms with E-state index in [1.54, 1.807) is 0 Å². The molecule has 1 saturated heterocycles. The normalized spacial score (nSPS) is 16.1. The summed E-state index contributed by atoms with van der Waals surface area (Å²) in [6, 6.07) is 26.1. The van der Waals surface area contributed by atoms with E-state index in [9.17, 15) is 4.79 Å². The first kappa shape index (κ1) is 21.5. The molecule has 4 nitrogen and oxygen atoms in total. The SMILES string of the molecule is Cc1ccc(C(=O)Nc2c([C@@H](c3ccccc3)N3CCC(C)CC3)oc3ccccc23)cc1. The molecule has 1 amide bonds. The van der Waals surface area contributed by atoms with Crippen molar-refractivity contribution in [2.75, 3.05) is 18.4 Å². The molecule has 0 saturated carbocycles. The highest BCUT2D eigenvalue weighted by molar-refractivity contribution is 6.09. The number of anilines is 1. The molecular weight excluding hydrogens is 408 g/mol. The van der Waals surface area contributed by atoms with Gasteiger partial charge in [0.25, 0.3) is 5.91 Å². The van der Waals surface area contributed by atoms with E-state index in [1.165, 1.54) is 5.56 Å². The molecule has 1 aliphatic rings. The molecule has 0 unspecified atom stereocenters.